The van der Waals surface area contributed by atoms with Crippen LogP contribution in [-0.2, 0) is 11.2 Å². The van der Waals surface area contributed by atoms with E-state index in [0.717, 1.165) is 5.56 Å². The van der Waals surface area contributed by atoms with E-state index in [-0.39, 0.29) is 29.0 Å². The Morgan fingerprint density at radius 2 is 1.81 bits per heavy atom. The molecule has 0 fully saturated rings. The van der Waals surface area contributed by atoms with Gasteiger partial charge in [-0.05, 0) is 43.2 Å². The summed E-state index contributed by atoms with van der Waals surface area (Å²) in [4.78, 5) is 25.0. The molecule has 2 aromatic carbocycles. The molecule has 0 radical (unpaired) electrons. The molecule has 31 heavy (non-hydrogen) atoms. The van der Waals surface area contributed by atoms with Gasteiger partial charge in [0.05, 0.1) is 6.04 Å². The van der Waals surface area contributed by atoms with Crippen molar-refractivity contribution in [2.24, 2.45) is 0 Å². The molecule has 0 saturated heterocycles. The standard InChI is InChI=1S/C23H22FN5O2/c1-16(17-6-3-2-4-7-17)25-21(30)9-5-8-20-26-27-22-23(31)28(14-15-29(20)22)19-12-10-18(24)11-13-19/h2-4,6-7,10-16H,5,8-9H2,1H3,(H,25,30). The molecule has 8 heteroatoms. The number of fused-ring (bicyclic) bond motifs is 1. The average molecular weight is 419 g/mol. The van der Waals surface area contributed by atoms with Crippen molar-refractivity contribution in [1.29, 1.82) is 0 Å². The quantitative estimate of drug-likeness (QED) is 0.499. The summed E-state index contributed by atoms with van der Waals surface area (Å²) >= 11 is 0. The SMILES string of the molecule is CC(NC(=O)CCCc1nnc2c(=O)n(-c3ccc(F)cc3)ccn12)c1ccccc1. The smallest absolute Gasteiger partial charge is 0.300 e. The van der Waals surface area contributed by atoms with Crippen molar-refractivity contribution in [3.05, 3.63) is 94.5 Å². The molecule has 2 aromatic heterocycles. The summed E-state index contributed by atoms with van der Waals surface area (Å²) in [5.74, 6) is 0.205. The Hall–Kier alpha value is -3.81. The van der Waals surface area contributed by atoms with Crippen molar-refractivity contribution in [2.45, 2.75) is 32.2 Å². The Balaban J connectivity index is 1.40. The topological polar surface area (TPSA) is 81.3 Å². The number of aromatic nitrogens is 4. The van der Waals surface area contributed by atoms with Crippen LogP contribution < -0.4 is 10.9 Å². The van der Waals surface area contributed by atoms with Crippen molar-refractivity contribution in [3.63, 3.8) is 0 Å². The number of nitrogens with one attached hydrogen (secondary N) is 1. The van der Waals surface area contributed by atoms with Crippen LogP contribution in [0.1, 0.15) is 37.2 Å². The van der Waals surface area contributed by atoms with Gasteiger partial charge in [0.1, 0.15) is 11.6 Å². The van der Waals surface area contributed by atoms with E-state index in [0.29, 0.717) is 30.8 Å². The van der Waals surface area contributed by atoms with Gasteiger partial charge >= 0.3 is 5.56 Å². The number of amides is 1. The number of halogens is 1. The van der Waals surface area contributed by atoms with Crippen LogP contribution in [0.3, 0.4) is 0 Å². The third kappa shape index (κ3) is 4.53. The lowest BCUT2D eigenvalue weighted by Gasteiger charge is -2.14. The molecule has 1 amide bonds. The highest BCUT2D eigenvalue weighted by Gasteiger charge is 2.13. The fourth-order valence-corrected chi connectivity index (χ4v) is 3.46. The van der Waals surface area contributed by atoms with Gasteiger partial charge in [-0.2, -0.15) is 0 Å². The Labute approximate surface area is 178 Å². The molecular weight excluding hydrogens is 397 g/mol. The van der Waals surface area contributed by atoms with Crippen LogP contribution in [-0.4, -0.2) is 25.1 Å². The Morgan fingerprint density at radius 3 is 2.55 bits per heavy atom. The van der Waals surface area contributed by atoms with E-state index in [1.54, 1.807) is 16.8 Å². The Morgan fingerprint density at radius 1 is 1.06 bits per heavy atom. The van der Waals surface area contributed by atoms with E-state index >= 15 is 0 Å². The molecule has 0 aliphatic carbocycles. The van der Waals surface area contributed by atoms with Crippen molar-refractivity contribution in [3.8, 4) is 5.69 Å². The Kier molecular flexibility index (Phi) is 5.88. The highest BCUT2D eigenvalue weighted by molar-refractivity contribution is 5.76. The summed E-state index contributed by atoms with van der Waals surface area (Å²) in [5.41, 5.74) is 1.44. The van der Waals surface area contributed by atoms with Gasteiger partial charge in [-0.1, -0.05) is 30.3 Å². The predicted molar refractivity (Wildman–Crippen MR) is 114 cm³/mol. The van der Waals surface area contributed by atoms with Gasteiger partial charge in [-0.15, -0.1) is 10.2 Å². The van der Waals surface area contributed by atoms with Crippen molar-refractivity contribution in [1.82, 2.24) is 24.5 Å². The van der Waals surface area contributed by atoms with E-state index < -0.39 is 0 Å². The maximum absolute atomic E-state index is 13.1. The van der Waals surface area contributed by atoms with Gasteiger partial charge in [0.25, 0.3) is 0 Å². The molecule has 0 aliphatic heterocycles. The number of carbonyl (C=O) groups excluding carboxylic acids is 1. The summed E-state index contributed by atoms with van der Waals surface area (Å²) in [6, 6.07) is 15.4. The third-order valence-corrected chi connectivity index (χ3v) is 5.13. The fraction of sp³-hybridized carbons (Fsp3) is 0.217. The van der Waals surface area contributed by atoms with Crippen LogP contribution in [0.25, 0.3) is 11.3 Å². The lowest BCUT2D eigenvalue weighted by Crippen LogP contribution is -2.26. The number of rotatable bonds is 7. The minimum Gasteiger partial charge on any atom is -0.350 e. The fourth-order valence-electron chi connectivity index (χ4n) is 3.46. The van der Waals surface area contributed by atoms with Crippen LogP contribution in [0, 0.1) is 5.82 Å². The highest BCUT2D eigenvalue weighted by atomic mass is 19.1. The minimum atomic E-state index is -0.371. The molecule has 0 spiro atoms. The summed E-state index contributed by atoms with van der Waals surface area (Å²) < 4.78 is 16.2. The van der Waals surface area contributed by atoms with Crippen LogP contribution in [0.2, 0.25) is 0 Å². The van der Waals surface area contributed by atoms with Gasteiger partial charge in [-0.25, -0.2) is 4.39 Å². The van der Waals surface area contributed by atoms with E-state index in [4.69, 9.17) is 0 Å². The van der Waals surface area contributed by atoms with E-state index in [9.17, 15) is 14.0 Å². The number of hydrogen-bond donors (Lipinski definition) is 1. The van der Waals surface area contributed by atoms with Crippen LogP contribution >= 0.6 is 0 Å². The number of hydrogen-bond acceptors (Lipinski definition) is 4. The normalized spacial score (nSPS) is 12.1. The zero-order valence-corrected chi connectivity index (χ0v) is 17.0. The van der Waals surface area contributed by atoms with Gasteiger partial charge in [0.2, 0.25) is 11.6 Å². The summed E-state index contributed by atoms with van der Waals surface area (Å²) in [5, 5.41) is 11.1. The van der Waals surface area contributed by atoms with Crippen molar-refractivity contribution < 1.29 is 9.18 Å². The molecule has 1 atom stereocenters. The maximum atomic E-state index is 13.1. The first-order chi connectivity index (χ1) is 15.0. The first-order valence-electron chi connectivity index (χ1n) is 10.1. The Bertz CT molecular complexity index is 1250. The number of aryl methyl sites for hydroxylation is 1. The van der Waals surface area contributed by atoms with Gasteiger partial charge < -0.3 is 5.32 Å². The second kappa shape index (κ2) is 8.91. The molecule has 0 saturated carbocycles. The number of carbonyl (C=O) groups is 1. The van der Waals surface area contributed by atoms with E-state index in [2.05, 4.69) is 15.5 Å². The molecule has 4 rings (SSSR count). The van der Waals surface area contributed by atoms with Gasteiger partial charge in [0.15, 0.2) is 0 Å². The second-order valence-corrected chi connectivity index (χ2v) is 7.31. The molecule has 0 bridgehead atoms. The molecular formula is C23H22FN5O2. The lowest BCUT2D eigenvalue weighted by atomic mass is 10.1. The molecule has 158 valence electrons. The number of nitrogens with zero attached hydrogens (tertiary/aromatic N) is 4. The largest absolute Gasteiger partial charge is 0.350 e. The van der Waals surface area contributed by atoms with Crippen molar-refractivity contribution >= 4 is 11.6 Å². The zero-order valence-electron chi connectivity index (χ0n) is 17.0. The van der Waals surface area contributed by atoms with Crippen LogP contribution in [0.5, 0.6) is 0 Å². The second-order valence-electron chi connectivity index (χ2n) is 7.31. The third-order valence-electron chi connectivity index (χ3n) is 5.13. The highest BCUT2D eigenvalue weighted by Crippen LogP contribution is 2.12. The first-order valence-corrected chi connectivity index (χ1v) is 10.1. The van der Waals surface area contributed by atoms with Crippen LogP contribution in [0.15, 0.2) is 71.8 Å². The average Bonchev–Trinajstić information content (AvgIpc) is 3.19. The molecule has 0 aliphatic rings. The summed E-state index contributed by atoms with van der Waals surface area (Å²) in [7, 11) is 0. The zero-order chi connectivity index (χ0) is 21.8. The monoisotopic (exact) mass is 419 g/mol. The molecule has 1 N–H and O–H groups in total. The van der Waals surface area contributed by atoms with Gasteiger partial charge in [0, 0.05) is 30.9 Å². The molecule has 7 nitrogen and oxygen atoms in total. The van der Waals surface area contributed by atoms with Crippen molar-refractivity contribution in [2.75, 3.05) is 0 Å². The van der Waals surface area contributed by atoms with Gasteiger partial charge in [-0.3, -0.25) is 18.6 Å². The summed E-state index contributed by atoms with van der Waals surface area (Å²) in [6.07, 6.45) is 4.73. The predicted octanol–water partition coefficient (Wildman–Crippen LogP) is 3.22. The first kappa shape index (κ1) is 20.5. The maximum Gasteiger partial charge on any atom is 0.300 e. The van der Waals surface area contributed by atoms with E-state index in [1.807, 2.05) is 37.3 Å². The van der Waals surface area contributed by atoms with E-state index in [1.165, 1.54) is 28.8 Å². The molecule has 4 aromatic rings. The summed E-state index contributed by atoms with van der Waals surface area (Å²) in [6.45, 7) is 1.95. The number of benzene rings is 2. The van der Waals surface area contributed by atoms with Crippen LogP contribution in [0.4, 0.5) is 4.39 Å². The molecule has 2 heterocycles. The molecule has 1 unspecified atom stereocenters. The lowest BCUT2D eigenvalue weighted by molar-refractivity contribution is -0.121. The minimum absolute atomic E-state index is 0.0381.